The molecule has 3 rings (SSSR count). The number of benzene rings is 1. The molecule has 0 atom stereocenters. The van der Waals surface area contributed by atoms with Gasteiger partial charge in [0.15, 0.2) is 0 Å². The van der Waals surface area contributed by atoms with Gasteiger partial charge in [0, 0.05) is 52.5 Å². The maximum Gasteiger partial charge on any atom is 0.257 e. The first kappa shape index (κ1) is 21.2. The molecule has 1 amide bonds. The van der Waals surface area contributed by atoms with Crippen molar-refractivity contribution in [3.63, 3.8) is 0 Å². The van der Waals surface area contributed by atoms with E-state index in [0.717, 1.165) is 43.0 Å². The summed E-state index contributed by atoms with van der Waals surface area (Å²) < 4.78 is 10.4. The molecule has 29 heavy (non-hydrogen) atoms. The van der Waals surface area contributed by atoms with Gasteiger partial charge >= 0.3 is 0 Å². The van der Waals surface area contributed by atoms with Crippen LogP contribution in [0.15, 0.2) is 36.4 Å². The molecule has 0 bridgehead atoms. The maximum absolute atomic E-state index is 13.1. The van der Waals surface area contributed by atoms with Crippen LogP contribution >= 0.6 is 0 Å². The predicted molar refractivity (Wildman–Crippen MR) is 114 cm³/mol. The lowest BCUT2D eigenvalue weighted by atomic mass is 10.1. The van der Waals surface area contributed by atoms with Crippen molar-refractivity contribution in [1.82, 2.24) is 14.8 Å². The molecule has 1 aromatic carbocycles. The Labute approximate surface area is 172 Å². The van der Waals surface area contributed by atoms with Gasteiger partial charge in [-0.15, -0.1) is 0 Å². The first-order valence-corrected chi connectivity index (χ1v) is 9.92. The molecule has 2 aromatic rings. The van der Waals surface area contributed by atoms with Crippen LogP contribution in [0.3, 0.4) is 0 Å². The normalized spacial score (nSPS) is 14.8. The van der Waals surface area contributed by atoms with Crippen molar-refractivity contribution in [2.75, 3.05) is 65.9 Å². The highest BCUT2D eigenvalue weighted by molar-refractivity contribution is 5.99. The van der Waals surface area contributed by atoms with Crippen molar-refractivity contribution in [3.8, 4) is 11.3 Å². The monoisotopic (exact) mass is 398 g/mol. The van der Waals surface area contributed by atoms with Gasteiger partial charge in [-0.05, 0) is 30.8 Å². The first-order valence-electron chi connectivity index (χ1n) is 9.92. The Kier molecular flexibility index (Phi) is 7.57. The topological polar surface area (TPSA) is 66.9 Å². The Bertz CT molecular complexity index is 819. The van der Waals surface area contributed by atoms with Crippen LogP contribution in [0.2, 0.25) is 0 Å². The number of ether oxygens (including phenoxy) is 2. The van der Waals surface area contributed by atoms with Gasteiger partial charge in [-0.2, -0.15) is 0 Å². The van der Waals surface area contributed by atoms with Crippen LogP contribution < -0.4 is 5.32 Å². The maximum atomic E-state index is 13.1. The third-order valence-electron chi connectivity index (χ3n) is 5.05. The Morgan fingerprint density at radius 2 is 1.90 bits per heavy atom. The number of carbonyl (C=O) groups is 1. The second-order valence-electron chi connectivity index (χ2n) is 7.24. The molecule has 1 N–H and O–H groups in total. The molecular weight excluding hydrogens is 368 g/mol. The number of hydrogen-bond donors (Lipinski definition) is 1. The van der Waals surface area contributed by atoms with Crippen LogP contribution in [0.25, 0.3) is 11.3 Å². The summed E-state index contributed by atoms with van der Waals surface area (Å²) in [6.45, 7) is 4.90. The second-order valence-corrected chi connectivity index (χ2v) is 7.24. The molecule has 1 saturated heterocycles. The number of aromatic nitrogens is 1. The molecule has 0 saturated carbocycles. The van der Waals surface area contributed by atoms with Gasteiger partial charge < -0.3 is 24.6 Å². The van der Waals surface area contributed by atoms with Crippen molar-refractivity contribution >= 4 is 11.7 Å². The van der Waals surface area contributed by atoms with E-state index in [1.165, 1.54) is 0 Å². The summed E-state index contributed by atoms with van der Waals surface area (Å²) >= 11 is 0. The fourth-order valence-corrected chi connectivity index (χ4v) is 3.37. The van der Waals surface area contributed by atoms with E-state index < -0.39 is 0 Å². The summed E-state index contributed by atoms with van der Waals surface area (Å²) in [4.78, 5) is 22.0. The van der Waals surface area contributed by atoms with Crippen LogP contribution in [-0.4, -0.2) is 81.3 Å². The number of anilines is 1. The highest BCUT2D eigenvalue weighted by Gasteiger charge is 2.23. The van der Waals surface area contributed by atoms with Gasteiger partial charge in [-0.1, -0.05) is 18.2 Å². The fourth-order valence-electron chi connectivity index (χ4n) is 3.37. The zero-order valence-electron chi connectivity index (χ0n) is 17.5. The summed E-state index contributed by atoms with van der Waals surface area (Å²) in [5.41, 5.74) is 3.49. The number of methoxy groups -OCH3 is 2. The van der Waals surface area contributed by atoms with Gasteiger partial charge in [0.25, 0.3) is 5.91 Å². The molecule has 2 heterocycles. The van der Waals surface area contributed by atoms with E-state index in [4.69, 9.17) is 14.5 Å². The van der Waals surface area contributed by atoms with Gasteiger partial charge in [-0.25, -0.2) is 4.98 Å². The predicted octanol–water partition coefficient (Wildman–Crippen LogP) is 2.34. The van der Waals surface area contributed by atoms with E-state index in [1.807, 2.05) is 35.2 Å². The molecular formula is C22H30N4O3. The number of nitrogens with one attached hydrogen (secondary N) is 1. The van der Waals surface area contributed by atoms with Gasteiger partial charge in [0.2, 0.25) is 0 Å². The average molecular weight is 399 g/mol. The SMILES string of the molecule is COCCNc1nc(-c2cccc(COC)c2)ccc1C(=O)N1CCN(C)CC1. The van der Waals surface area contributed by atoms with Crippen LogP contribution in [0.4, 0.5) is 5.82 Å². The smallest absolute Gasteiger partial charge is 0.257 e. The van der Waals surface area contributed by atoms with Crippen molar-refractivity contribution in [2.24, 2.45) is 0 Å². The zero-order valence-corrected chi connectivity index (χ0v) is 17.5. The van der Waals surface area contributed by atoms with Crippen LogP contribution in [0, 0.1) is 0 Å². The minimum atomic E-state index is 0.0187. The number of piperazine rings is 1. The number of carbonyl (C=O) groups excluding carboxylic acids is 1. The highest BCUT2D eigenvalue weighted by atomic mass is 16.5. The Morgan fingerprint density at radius 3 is 2.62 bits per heavy atom. The number of rotatable bonds is 8. The molecule has 0 aliphatic carbocycles. The second kappa shape index (κ2) is 10.3. The Morgan fingerprint density at radius 1 is 1.10 bits per heavy atom. The third kappa shape index (κ3) is 5.53. The molecule has 7 heteroatoms. The summed E-state index contributed by atoms with van der Waals surface area (Å²) in [7, 11) is 5.41. The number of pyridine rings is 1. The summed E-state index contributed by atoms with van der Waals surface area (Å²) in [5.74, 6) is 0.617. The Hall–Kier alpha value is -2.48. The number of likely N-dealkylation sites (N-methyl/N-ethyl adjacent to an activating group) is 1. The lowest BCUT2D eigenvalue weighted by Crippen LogP contribution is -2.47. The van der Waals surface area contributed by atoms with E-state index in [1.54, 1.807) is 14.2 Å². The van der Waals surface area contributed by atoms with Crippen LogP contribution in [-0.2, 0) is 16.1 Å². The van der Waals surface area contributed by atoms with Crippen molar-refractivity contribution in [1.29, 1.82) is 0 Å². The lowest BCUT2D eigenvalue weighted by molar-refractivity contribution is 0.0664. The molecule has 1 aromatic heterocycles. The van der Waals surface area contributed by atoms with E-state index in [2.05, 4.69) is 23.3 Å². The summed E-state index contributed by atoms with van der Waals surface area (Å²) in [6.07, 6.45) is 0. The fraction of sp³-hybridized carbons (Fsp3) is 0.455. The molecule has 1 fully saturated rings. The quantitative estimate of drug-likeness (QED) is 0.689. The number of amides is 1. The number of hydrogen-bond acceptors (Lipinski definition) is 6. The van der Waals surface area contributed by atoms with E-state index in [0.29, 0.717) is 31.1 Å². The summed E-state index contributed by atoms with van der Waals surface area (Å²) in [6, 6.07) is 11.9. The molecule has 1 aliphatic rings. The lowest BCUT2D eigenvalue weighted by Gasteiger charge is -2.32. The molecule has 0 unspecified atom stereocenters. The molecule has 0 spiro atoms. The first-order chi connectivity index (χ1) is 14.1. The minimum Gasteiger partial charge on any atom is -0.383 e. The van der Waals surface area contributed by atoms with E-state index >= 15 is 0 Å². The van der Waals surface area contributed by atoms with Crippen molar-refractivity contribution < 1.29 is 14.3 Å². The van der Waals surface area contributed by atoms with Crippen molar-refractivity contribution in [2.45, 2.75) is 6.61 Å². The highest BCUT2D eigenvalue weighted by Crippen LogP contribution is 2.24. The Balaban J connectivity index is 1.88. The van der Waals surface area contributed by atoms with Crippen molar-refractivity contribution in [3.05, 3.63) is 47.5 Å². The third-order valence-corrected chi connectivity index (χ3v) is 5.05. The van der Waals surface area contributed by atoms with Gasteiger partial charge in [0.05, 0.1) is 24.5 Å². The van der Waals surface area contributed by atoms with Crippen LogP contribution in [0.5, 0.6) is 0 Å². The van der Waals surface area contributed by atoms with E-state index in [9.17, 15) is 4.79 Å². The zero-order chi connectivity index (χ0) is 20.6. The average Bonchev–Trinajstić information content (AvgIpc) is 2.74. The van der Waals surface area contributed by atoms with Gasteiger partial charge in [-0.3, -0.25) is 4.79 Å². The summed E-state index contributed by atoms with van der Waals surface area (Å²) in [5, 5.41) is 3.27. The molecule has 156 valence electrons. The van der Waals surface area contributed by atoms with Crippen LogP contribution in [0.1, 0.15) is 15.9 Å². The number of nitrogens with zero attached hydrogens (tertiary/aromatic N) is 3. The van der Waals surface area contributed by atoms with E-state index in [-0.39, 0.29) is 5.91 Å². The molecule has 0 radical (unpaired) electrons. The molecule has 7 nitrogen and oxygen atoms in total. The standard InChI is InChI=1S/C22H30N4O3/c1-25-10-12-26(13-11-25)22(27)19-7-8-20(24-21(19)23-9-14-28-2)18-6-4-5-17(15-18)16-29-3/h4-8,15H,9-14,16H2,1-3H3,(H,23,24). The van der Waals surface area contributed by atoms with Gasteiger partial charge in [0.1, 0.15) is 5.82 Å². The molecule has 1 aliphatic heterocycles. The largest absolute Gasteiger partial charge is 0.383 e. The minimum absolute atomic E-state index is 0.0187.